The van der Waals surface area contributed by atoms with E-state index in [0.29, 0.717) is 6.42 Å². The van der Waals surface area contributed by atoms with Crippen LogP contribution < -0.4 is 4.72 Å². The molecule has 1 fully saturated rings. The lowest BCUT2D eigenvalue weighted by atomic mass is 9.67. The van der Waals surface area contributed by atoms with Crippen molar-refractivity contribution in [3.63, 3.8) is 0 Å². The van der Waals surface area contributed by atoms with Crippen molar-refractivity contribution in [3.05, 3.63) is 30.1 Å². The first-order chi connectivity index (χ1) is 9.91. The average molecular weight is 312 g/mol. The molecule has 0 saturated heterocycles. The number of rotatable bonds is 8. The maximum absolute atomic E-state index is 12.0. The topological polar surface area (TPSA) is 96.4 Å². The van der Waals surface area contributed by atoms with Gasteiger partial charge in [0.2, 0.25) is 10.0 Å². The van der Waals surface area contributed by atoms with E-state index >= 15 is 0 Å². The Bertz CT molecular complexity index is 582. The summed E-state index contributed by atoms with van der Waals surface area (Å²) in [6.07, 6.45) is 6.21. The molecular formula is C14H20N2O4S. The number of carbonyl (C=O) groups is 1. The molecule has 21 heavy (non-hydrogen) atoms. The summed E-state index contributed by atoms with van der Waals surface area (Å²) < 4.78 is 26.6. The molecule has 0 amide bonds. The summed E-state index contributed by atoms with van der Waals surface area (Å²) in [6.45, 7) is 0.220. The Balaban J connectivity index is 1.85. The maximum atomic E-state index is 12.0. The molecule has 1 aromatic heterocycles. The number of nitrogens with zero attached hydrogens (tertiary/aromatic N) is 1. The number of carboxylic acids is 1. The molecule has 0 spiro atoms. The van der Waals surface area contributed by atoms with Gasteiger partial charge >= 0.3 is 5.97 Å². The third-order valence-electron chi connectivity index (χ3n) is 4.02. The summed E-state index contributed by atoms with van der Waals surface area (Å²) in [5, 5.41) is 8.91. The first-order valence-corrected chi connectivity index (χ1v) is 8.64. The number of aromatic nitrogens is 1. The van der Waals surface area contributed by atoms with Crippen molar-refractivity contribution in [1.82, 2.24) is 9.71 Å². The molecule has 0 atom stereocenters. The largest absolute Gasteiger partial charge is 0.481 e. The molecular weight excluding hydrogens is 292 g/mol. The molecule has 0 aliphatic heterocycles. The zero-order valence-electron chi connectivity index (χ0n) is 11.8. The highest BCUT2D eigenvalue weighted by molar-refractivity contribution is 7.89. The average Bonchev–Trinajstić information content (AvgIpc) is 2.40. The Kier molecular flexibility index (Phi) is 4.95. The molecule has 1 aliphatic carbocycles. The van der Waals surface area contributed by atoms with Crippen LogP contribution in [0.4, 0.5) is 0 Å². The van der Waals surface area contributed by atoms with Crippen LogP contribution in [0.2, 0.25) is 0 Å². The normalized spacial score (nSPS) is 17.1. The van der Waals surface area contributed by atoms with Gasteiger partial charge in [-0.2, -0.15) is 0 Å². The summed E-state index contributed by atoms with van der Waals surface area (Å²) in [6, 6.07) is 3.57. The zero-order valence-corrected chi connectivity index (χ0v) is 12.6. The van der Waals surface area contributed by atoms with E-state index in [2.05, 4.69) is 9.71 Å². The number of sulfonamides is 1. The van der Waals surface area contributed by atoms with Crippen LogP contribution in [-0.2, 0) is 21.2 Å². The predicted octanol–water partition coefficient (Wildman–Crippen LogP) is 1.19. The third kappa shape index (κ3) is 4.78. The highest BCUT2D eigenvalue weighted by atomic mass is 32.2. The van der Waals surface area contributed by atoms with Gasteiger partial charge in [-0.25, -0.2) is 13.1 Å². The van der Waals surface area contributed by atoms with Crippen molar-refractivity contribution in [2.75, 3.05) is 12.3 Å². The lowest BCUT2D eigenvalue weighted by Gasteiger charge is -2.40. The number of nitrogens with one attached hydrogen (secondary N) is 1. The molecule has 0 aromatic carbocycles. The SMILES string of the molecule is O=C(O)CC1(CNS(=O)(=O)CCc2ccncc2)CCC1. The van der Waals surface area contributed by atoms with Crippen LogP contribution >= 0.6 is 0 Å². The number of carboxylic acid groups (broad SMARTS) is 1. The van der Waals surface area contributed by atoms with Crippen molar-refractivity contribution in [3.8, 4) is 0 Å². The van der Waals surface area contributed by atoms with Gasteiger partial charge in [-0.1, -0.05) is 6.42 Å². The summed E-state index contributed by atoms with van der Waals surface area (Å²) in [4.78, 5) is 14.7. The van der Waals surface area contributed by atoms with E-state index in [-0.39, 0.29) is 18.7 Å². The monoisotopic (exact) mass is 312 g/mol. The molecule has 0 bridgehead atoms. The van der Waals surface area contributed by atoms with E-state index in [9.17, 15) is 13.2 Å². The number of pyridine rings is 1. The van der Waals surface area contributed by atoms with Crippen molar-refractivity contribution in [1.29, 1.82) is 0 Å². The molecule has 1 heterocycles. The Morgan fingerprint density at radius 1 is 1.33 bits per heavy atom. The third-order valence-corrected chi connectivity index (χ3v) is 5.34. The fourth-order valence-corrected chi connectivity index (χ4v) is 3.73. The van der Waals surface area contributed by atoms with E-state index in [1.165, 1.54) is 0 Å². The fraction of sp³-hybridized carbons (Fsp3) is 0.571. The van der Waals surface area contributed by atoms with E-state index in [4.69, 9.17) is 5.11 Å². The first kappa shape index (κ1) is 15.9. The van der Waals surface area contributed by atoms with E-state index in [0.717, 1.165) is 24.8 Å². The second-order valence-corrected chi connectivity index (χ2v) is 7.60. The molecule has 0 unspecified atom stereocenters. The highest BCUT2D eigenvalue weighted by Crippen LogP contribution is 2.43. The van der Waals surface area contributed by atoms with Crippen LogP contribution in [0.3, 0.4) is 0 Å². The van der Waals surface area contributed by atoms with Crippen molar-refractivity contribution in [2.45, 2.75) is 32.1 Å². The van der Waals surface area contributed by atoms with Gasteiger partial charge in [-0.05, 0) is 42.4 Å². The van der Waals surface area contributed by atoms with E-state index in [1.54, 1.807) is 24.5 Å². The molecule has 0 radical (unpaired) electrons. The highest BCUT2D eigenvalue weighted by Gasteiger charge is 2.39. The lowest BCUT2D eigenvalue weighted by molar-refractivity contribution is -0.141. The van der Waals surface area contributed by atoms with E-state index < -0.39 is 21.4 Å². The molecule has 6 nitrogen and oxygen atoms in total. The van der Waals surface area contributed by atoms with Crippen molar-refractivity contribution in [2.24, 2.45) is 5.41 Å². The molecule has 2 N–H and O–H groups in total. The number of hydrogen-bond donors (Lipinski definition) is 2. The second-order valence-electron chi connectivity index (χ2n) is 5.67. The zero-order chi connectivity index (χ0) is 15.3. The second kappa shape index (κ2) is 6.53. The van der Waals surface area contributed by atoms with Gasteiger partial charge in [0, 0.05) is 18.9 Å². The molecule has 2 rings (SSSR count). The van der Waals surface area contributed by atoms with Gasteiger partial charge in [0.05, 0.1) is 12.2 Å². The molecule has 7 heteroatoms. The minimum absolute atomic E-state index is 0.000163. The van der Waals surface area contributed by atoms with Gasteiger partial charge in [0.25, 0.3) is 0 Å². The Morgan fingerprint density at radius 3 is 2.52 bits per heavy atom. The quantitative estimate of drug-likeness (QED) is 0.751. The first-order valence-electron chi connectivity index (χ1n) is 6.99. The molecule has 1 aliphatic rings. The predicted molar refractivity (Wildman–Crippen MR) is 78.3 cm³/mol. The van der Waals surface area contributed by atoms with Crippen molar-refractivity contribution >= 4 is 16.0 Å². The number of hydrogen-bond acceptors (Lipinski definition) is 4. The van der Waals surface area contributed by atoms with Crippen molar-refractivity contribution < 1.29 is 18.3 Å². The Labute approximate surface area is 124 Å². The summed E-state index contributed by atoms with van der Waals surface area (Å²) in [5.74, 6) is -0.870. The number of aliphatic carboxylic acids is 1. The Hall–Kier alpha value is -1.47. The lowest BCUT2D eigenvalue weighted by Crippen LogP contribution is -2.44. The van der Waals surface area contributed by atoms with E-state index in [1.807, 2.05) is 0 Å². The Morgan fingerprint density at radius 2 is 2.00 bits per heavy atom. The molecule has 1 aromatic rings. The van der Waals surface area contributed by atoms with Crippen LogP contribution in [0.5, 0.6) is 0 Å². The standard InChI is InChI=1S/C14H20N2O4S/c17-13(18)10-14(5-1-6-14)11-16-21(19,20)9-4-12-2-7-15-8-3-12/h2-3,7-8,16H,1,4-6,9-11H2,(H,17,18). The number of aryl methyl sites for hydroxylation is 1. The summed E-state index contributed by atoms with van der Waals surface area (Å²) in [5.41, 5.74) is 0.523. The molecule has 1 saturated carbocycles. The maximum Gasteiger partial charge on any atom is 0.303 e. The van der Waals surface area contributed by atoms with Crippen LogP contribution in [0, 0.1) is 5.41 Å². The van der Waals surface area contributed by atoms with Crippen LogP contribution in [0.1, 0.15) is 31.2 Å². The van der Waals surface area contributed by atoms with Gasteiger partial charge < -0.3 is 5.11 Å². The summed E-state index contributed by atoms with van der Waals surface area (Å²) in [7, 11) is -3.39. The minimum Gasteiger partial charge on any atom is -0.481 e. The van der Waals surface area contributed by atoms with Gasteiger partial charge in [-0.15, -0.1) is 0 Å². The molecule has 116 valence electrons. The van der Waals surface area contributed by atoms with Crippen LogP contribution in [0.25, 0.3) is 0 Å². The van der Waals surface area contributed by atoms with Crippen LogP contribution in [-0.4, -0.2) is 36.8 Å². The van der Waals surface area contributed by atoms with Crippen LogP contribution in [0.15, 0.2) is 24.5 Å². The fourth-order valence-electron chi connectivity index (χ4n) is 2.55. The van der Waals surface area contributed by atoms with Gasteiger partial charge in [0.1, 0.15) is 0 Å². The smallest absolute Gasteiger partial charge is 0.303 e. The van der Waals surface area contributed by atoms with Gasteiger partial charge in [0.15, 0.2) is 0 Å². The summed E-state index contributed by atoms with van der Waals surface area (Å²) >= 11 is 0. The van der Waals surface area contributed by atoms with Gasteiger partial charge in [-0.3, -0.25) is 9.78 Å². The minimum atomic E-state index is -3.39.